The fourth-order valence-corrected chi connectivity index (χ4v) is 6.94. The Balaban J connectivity index is 1.55. The Morgan fingerprint density at radius 3 is 2.68 bits per heavy atom. The van der Waals surface area contributed by atoms with Crippen molar-refractivity contribution in [2.24, 2.45) is 11.8 Å². The van der Waals surface area contributed by atoms with Crippen molar-refractivity contribution in [1.82, 2.24) is 0 Å². The molecule has 6 aliphatic rings. The lowest BCUT2D eigenvalue weighted by molar-refractivity contribution is 0.626. The Labute approximate surface area is 167 Å². The van der Waals surface area contributed by atoms with Crippen LogP contribution in [0, 0.1) is 11.8 Å². The van der Waals surface area contributed by atoms with Crippen LogP contribution in [0.25, 0.3) is 11.1 Å². The van der Waals surface area contributed by atoms with Gasteiger partial charge in [0.2, 0.25) is 0 Å². The van der Waals surface area contributed by atoms with E-state index in [1.165, 1.54) is 38.5 Å². The van der Waals surface area contributed by atoms with Gasteiger partial charge in [-0.25, -0.2) is 0 Å². The van der Waals surface area contributed by atoms with Crippen LogP contribution in [0.5, 0.6) is 0 Å². The Morgan fingerprint density at radius 1 is 0.857 bits per heavy atom. The molecule has 0 bridgehead atoms. The maximum atomic E-state index is 2.49. The fourth-order valence-electron chi connectivity index (χ4n) is 6.94. The summed E-state index contributed by atoms with van der Waals surface area (Å²) >= 11 is 0. The second-order valence-electron chi connectivity index (χ2n) is 9.55. The number of hydrogen-bond donors (Lipinski definition) is 0. The van der Waals surface area contributed by atoms with Gasteiger partial charge in [0, 0.05) is 5.92 Å². The molecule has 0 N–H and O–H groups in total. The third-order valence-corrected chi connectivity index (χ3v) is 8.17. The first-order chi connectivity index (χ1) is 13.8. The van der Waals surface area contributed by atoms with Gasteiger partial charge < -0.3 is 0 Å². The van der Waals surface area contributed by atoms with Crippen molar-refractivity contribution < 1.29 is 0 Å². The predicted molar refractivity (Wildman–Crippen MR) is 117 cm³/mol. The van der Waals surface area contributed by atoms with Gasteiger partial charge in [0.25, 0.3) is 0 Å². The van der Waals surface area contributed by atoms with Gasteiger partial charge in [-0.3, -0.25) is 0 Å². The molecule has 3 atom stereocenters. The van der Waals surface area contributed by atoms with E-state index in [4.69, 9.17) is 0 Å². The zero-order valence-corrected chi connectivity index (χ0v) is 16.6. The predicted octanol–water partition coefficient (Wildman–Crippen LogP) is 6.63. The van der Waals surface area contributed by atoms with Gasteiger partial charge >= 0.3 is 0 Å². The fraction of sp³-hybridized carbons (Fsp3) is 0.357. The summed E-state index contributed by atoms with van der Waals surface area (Å²) < 4.78 is 0. The van der Waals surface area contributed by atoms with Gasteiger partial charge in [-0.15, -0.1) is 0 Å². The van der Waals surface area contributed by atoms with Gasteiger partial charge in [0.15, 0.2) is 0 Å². The molecule has 0 saturated carbocycles. The van der Waals surface area contributed by atoms with Crippen molar-refractivity contribution in [2.45, 2.75) is 51.4 Å². The minimum Gasteiger partial charge on any atom is -0.0836 e. The Bertz CT molecular complexity index is 1130. The molecule has 0 nitrogen and oxygen atoms in total. The van der Waals surface area contributed by atoms with Crippen molar-refractivity contribution in [3.8, 4) is 0 Å². The molecule has 0 aromatic heterocycles. The molecule has 7 rings (SSSR count). The number of hydrogen-bond acceptors (Lipinski definition) is 0. The molecule has 28 heavy (non-hydrogen) atoms. The van der Waals surface area contributed by atoms with Crippen molar-refractivity contribution in [1.29, 1.82) is 0 Å². The lowest BCUT2D eigenvalue weighted by Gasteiger charge is -2.21. The molecule has 0 spiro atoms. The first kappa shape index (κ1) is 15.6. The summed E-state index contributed by atoms with van der Waals surface area (Å²) in [6.07, 6.45) is 26.6. The molecular weight excluding hydrogens is 336 g/mol. The Morgan fingerprint density at radius 2 is 1.71 bits per heavy atom. The molecule has 0 heteroatoms. The first-order valence-electron chi connectivity index (χ1n) is 11.2. The van der Waals surface area contributed by atoms with Crippen LogP contribution in [0.2, 0.25) is 0 Å². The molecule has 6 aliphatic carbocycles. The summed E-state index contributed by atoms with van der Waals surface area (Å²) in [5.74, 6) is 1.96. The summed E-state index contributed by atoms with van der Waals surface area (Å²) in [6.45, 7) is 2.43. The molecule has 0 radical (unpaired) electrons. The number of rotatable bonds is 0. The van der Waals surface area contributed by atoms with Gasteiger partial charge in [-0.1, -0.05) is 66.7 Å². The zero-order valence-electron chi connectivity index (χ0n) is 16.6. The molecular formula is C28H26. The average Bonchev–Trinajstić information content (AvgIpc) is 3.38. The highest BCUT2D eigenvalue weighted by atomic mass is 14.5. The van der Waals surface area contributed by atoms with E-state index in [0.717, 1.165) is 0 Å². The highest BCUT2D eigenvalue weighted by Gasteiger charge is 2.42. The molecule has 0 fully saturated rings. The number of fused-ring (bicyclic) bond motifs is 10. The molecule has 0 amide bonds. The Kier molecular flexibility index (Phi) is 2.99. The van der Waals surface area contributed by atoms with E-state index in [2.05, 4.69) is 55.5 Å². The van der Waals surface area contributed by atoms with E-state index in [1.54, 1.807) is 55.7 Å². The SMILES string of the molecule is CC1CC=CC2=C1Cc1c2c2c(c3c1C1C=CC=CC1C3)C1=C(CCC=C1)C2. The molecule has 1 aromatic rings. The molecule has 0 saturated heterocycles. The van der Waals surface area contributed by atoms with Crippen LogP contribution in [0.4, 0.5) is 0 Å². The lowest BCUT2D eigenvalue weighted by atomic mass is 9.82. The largest absolute Gasteiger partial charge is 0.0836 e. The van der Waals surface area contributed by atoms with Crippen LogP contribution in [-0.4, -0.2) is 0 Å². The number of allylic oxidation sites excluding steroid dienone is 12. The maximum Gasteiger partial charge on any atom is 0.00932 e. The minimum absolute atomic E-state index is 0.594. The van der Waals surface area contributed by atoms with E-state index in [0.29, 0.717) is 17.8 Å². The molecule has 0 aliphatic heterocycles. The van der Waals surface area contributed by atoms with Gasteiger partial charge in [0.1, 0.15) is 0 Å². The second kappa shape index (κ2) is 5.38. The van der Waals surface area contributed by atoms with Gasteiger partial charge in [-0.05, 0) is 94.9 Å². The summed E-state index contributed by atoms with van der Waals surface area (Å²) in [5, 5.41) is 0. The third kappa shape index (κ3) is 1.82. The molecule has 1 aromatic carbocycles. The van der Waals surface area contributed by atoms with Crippen LogP contribution < -0.4 is 0 Å². The number of benzene rings is 1. The highest BCUT2D eigenvalue weighted by Crippen LogP contribution is 2.56. The molecule has 3 unspecified atom stereocenters. The minimum atomic E-state index is 0.594. The first-order valence-corrected chi connectivity index (χ1v) is 11.2. The van der Waals surface area contributed by atoms with Crippen LogP contribution in [0.3, 0.4) is 0 Å². The summed E-state index contributed by atoms with van der Waals surface area (Å²) in [4.78, 5) is 0. The van der Waals surface area contributed by atoms with Gasteiger partial charge in [-0.2, -0.15) is 0 Å². The monoisotopic (exact) mass is 362 g/mol. The van der Waals surface area contributed by atoms with E-state index in [-0.39, 0.29) is 0 Å². The summed E-state index contributed by atoms with van der Waals surface area (Å²) in [5.41, 5.74) is 16.7. The van der Waals surface area contributed by atoms with Crippen LogP contribution in [-0.2, 0) is 19.3 Å². The molecule has 0 heterocycles. The van der Waals surface area contributed by atoms with Crippen molar-refractivity contribution in [2.75, 3.05) is 0 Å². The second-order valence-corrected chi connectivity index (χ2v) is 9.55. The van der Waals surface area contributed by atoms with E-state index >= 15 is 0 Å². The zero-order chi connectivity index (χ0) is 18.4. The van der Waals surface area contributed by atoms with Crippen LogP contribution in [0.15, 0.2) is 59.8 Å². The lowest BCUT2D eigenvalue weighted by Crippen LogP contribution is -2.07. The standard InChI is InChI=1S/C28H26/c1-16-7-6-12-21-22(16)15-25-27-20-11-5-3-8-17(20)13-23(27)26-19-10-4-2-9-18(19)14-24(26)28(21)25/h3-6,8,10-12,16-17,20H,2,7,9,13-15H2,1H3. The topological polar surface area (TPSA) is 0 Å². The summed E-state index contributed by atoms with van der Waals surface area (Å²) in [6, 6.07) is 0. The van der Waals surface area contributed by atoms with E-state index < -0.39 is 0 Å². The Hall–Kier alpha value is -2.34. The van der Waals surface area contributed by atoms with E-state index in [1.807, 2.05) is 0 Å². The van der Waals surface area contributed by atoms with Crippen molar-refractivity contribution >= 4 is 11.1 Å². The third-order valence-electron chi connectivity index (χ3n) is 8.17. The van der Waals surface area contributed by atoms with Gasteiger partial charge in [0.05, 0.1) is 0 Å². The summed E-state index contributed by atoms with van der Waals surface area (Å²) in [7, 11) is 0. The van der Waals surface area contributed by atoms with E-state index in [9.17, 15) is 0 Å². The smallest absolute Gasteiger partial charge is 0.00932 e. The highest BCUT2D eigenvalue weighted by molar-refractivity contribution is 5.95. The quantitative estimate of drug-likeness (QED) is 0.485. The molecule has 138 valence electrons. The van der Waals surface area contributed by atoms with Crippen LogP contribution in [0.1, 0.15) is 65.5 Å². The maximum absolute atomic E-state index is 2.49. The van der Waals surface area contributed by atoms with Crippen LogP contribution >= 0.6 is 0 Å². The van der Waals surface area contributed by atoms with Crippen molar-refractivity contribution in [3.05, 3.63) is 93.1 Å². The van der Waals surface area contributed by atoms with Crippen molar-refractivity contribution in [3.63, 3.8) is 0 Å². The average molecular weight is 363 g/mol. The normalized spacial score (nSPS) is 30.4.